The van der Waals surface area contributed by atoms with E-state index in [0.717, 1.165) is 11.3 Å². The van der Waals surface area contributed by atoms with Crippen molar-refractivity contribution in [3.8, 4) is 5.75 Å². The summed E-state index contributed by atoms with van der Waals surface area (Å²) in [6, 6.07) is 13.8. The number of hydrogen-bond acceptors (Lipinski definition) is 3. The summed E-state index contributed by atoms with van der Waals surface area (Å²) in [6.07, 6.45) is 0.129. The monoisotopic (exact) mass is 312 g/mol. The molecule has 2 rings (SSSR count). The molecule has 3 N–H and O–H groups in total. The largest absolute Gasteiger partial charge is 0.491 e. The molecule has 0 heterocycles. The maximum atomic E-state index is 12.1. The molecule has 23 heavy (non-hydrogen) atoms. The second-order valence-corrected chi connectivity index (χ2v) is 5.43. The smallest absolute Gasteiger partial charge is 0.251 e. The normalized spacial score (nSPS) is 10.4. The summed E-state index contributed by atoms with van der Waals surface area (Å²) < 4.78 is 5.57. The first-order valence-electron chi connectivity index (χ1n) is 7.39. The molecule has 5 heteroatoms. The fourth-order valence-electron chi connectivity index (χ4n) is 2.03. The molecule has 0 saturated heterocycles. The van der Waals surface area contributed by atoms with Crippen molar-refractivity contribution in [1.29, 1.82) is 0 Å². The van der Waals surface area contributed by atoms with Crippen molar-refractivity contribution < 1.29 is 14.3 Å². The number of carbonyl (C=O) groups excluding carboxylic acids is 2. The van der Waals surface area contributed by atoms with E-state index in [0.29, 0.717) is 17.7 Å². The average molecular weight is 312 g/mol. The highest BCUT2D eigenvalue weighted by Crippen LogP contribution is 2.14. The molecule has 0 aliphatic rings. The van der Waals surface area contributed by atoms with Gasteiger partial charge < -0.3 is 15.8 Å². The third-order valence-electron chi connectivity index (χ3n) is 3.18. The standard InChI is InChI=1S/C18H20N2O3/c1-12(2)23-16-9-3-13(4-10-16)11-20-18(22)15-7-5-14(6-8-15)17(19)21/h3-10,12H,11H2,1-2H3,(H2,19,21)(H,20,22). The summed E-state index contributed by atoms with van der Waals surface area (Å²) in [4.78, 5) is 23.1. The first-order chi connectivity index (χ1) is 11.0. The van der Waals surface area contributed by atoms with Crippen LogP contribution in [-0.2, 0) is 6.54 Å². The highest BCUT2D eigenvalue weighted by atomic mass is 16.5. The lowest BCUT2D eigenvalue weighted by Crippen LogP contribution is -2.23. The molecule has 120 valence electrons. The van der Waals surface area contributed by atoms with E-state index < -0.39 is 5.91 Å². The lowest BCUT2D eigenvalue weighted by molar-refractivity contribution is 0.0948. The minimum atomic E-state index is -0.513. The molecule has 0 spiro atoms. The van der Waals surface area contributed by atoms with Crippen LogP contribution in [0, 0.1) is 0 Å². The Morgan fingerprint density at radius 3 is 2.09 bits per heavy atom. The van der Waals surface area contributed by atoms with Gasteiger partial charge in [0.15, 0.2) is 0 Å². The summed E-state index contributed by atoms with van der Waals surface area (Å²) in [5, 5.41) is 2.83. The summed E-state index contributed by atoms with van der Waals surface area (Å²) in [5.74, 6) is 0.0845. The van der Waals surface area contributed by atoms with Crippen LogP contribution in [0.15, 0.2) is 48.5 Å². The lowest BCUT2D eigenvalue weighted by atomic mass is 10.1. The number of rotatable bonds is 6. The molecule has 0 atom stereocenters. The van der Waals surface area contributed by atoms with E-state index in [-0.39, 0.29) is 12.0 Å². The summed E-state index contributed by atoms with van der Waals surface area (Å²) in [6.45, 7) is 4.35. The molecule has 0 unspecified atom stereocenters. The van der Waals surface area contributed by atoms with Crippen LogP contribution < -0.4 is 15.8 Å². The molecule has 0 fully saturated rings. The number of benzene rings is 2. The Bertz CT molecular complexity index is 676. The predicted molar refractivity (Wildman–Crippen MR) is 88.3 cm³/mol. The van der Waals surface area contributed by atoms with Gasteiger partial charge in [-0.25, -0.2) is 0 Å². The zero-order valence-corrected chi connectivity index (χ0v) is 13.2. The van der Waals surface area contributed by atoms with Crippen molar-refractivity contribution in [2.24, 2.45) is 5.73 Å². The minimum Gasteiger partial charge on any atom is -0.491 e. The number of nitrogens with two attached hydrogens (primary N) is 1. The van der Waals surface area contributed by atoms with Crippen molar-refractivity contribution in [3.63, 3.8) is 0 Å². The SMILES string of the molecule is CC(C)Oc1ccc(CNC(=O)c2ccc(C(N)=O)cc2)cc1. The fraction of sp³-hybridized carbons (Fsp3) is 0.222. The molecule has 2 amide bonds. The van der Waals surface area contributed by atoms with Crippen LogP contribution in [0.4, 0.5) is 0 Å². The maximum Gasteiger partial charge on any atom is 0.251 e. The van der Waals surface area contributed by atoms with Crippen LogP contribution in [0.3, 0.4) is 0 Å². The molecule has 0 aliphatic heterocycles. The van der Waals surface area contributed by atoms with Gasteiger partial charge in [0, 0.05) is 17.7 Å². The summed E-state index contributed by atoms with van der Waals surface area (Å²) in [7, 11) is 0. The molecule has 5 nitrogen and oxygen atoms in total. The lowest BCUT2D eigenvalue weighted by Gasteiger charge is -2.10. The van der Waals surface area contributed by atoms with Crippen LogP contribution in [0.25, 0.3) is 0 Å². The quantitative estimate of drug-likeness (QED) is 0.860. The number of primary amides is 1. The average Bonchev–Trinajstić information content (AvgIpc) is 2.53. The Morgan fingerprint density at radius 2 is 1.57 bits per heavy atom. The van der Waals surface area contributed by atoms with Gasteiger partial charge in [-0.1, -0.05) is 12.1 Å². The Morgan fingerprint density at radius 1 is 1.00 bits per heavy atom. The van der Waals surface area contributed by atoms with Gasteiger partial charge in [0.05, 0.1) is 6.10 Å². The van der Waals surface area contributed by atoms with E-state index >= 15 is 0 Å². The van der Waals surface area contributed by atoms with Crippen LogP contribution in [0.5, 0.6) is 5.75 Å². The Balaban J connectivity index is 1.92. The first kappa shape index (κ1) is 16.5. The van der Waals surface area contributed by atoms with Crippen LogP contribution in [0.1, 0.15) is 40.1 Å². The van der Waals surface area contributed by atoms with Gasteiger partial charge in [-0.15, -0.1) is 0 Å². The van der Waals surface area contributed by atoms with Crippen LogP contribution in [0.2, 0.25) is 0 Å². The van der Waals surface area contributed by atoms with E-state index in [1.54, 1.807) is 12.1 Å². The second kappa shape index (κ2) is 7.45. The van der Waals surface area contributed by atoms with E-state index in [1.807, 2.05) is 38.1 Å². The topological polar surface area (TPSA) is 81.4 Å². The number of hydrogen-bond donors (Lipinski definition) is 2. The Kier molecular flexibility index (Phi) is 5.36. The van der Waals surface area contributed by atoms with E-state index in [9.17, 15) is 9.59 Å². The van der Waals surface area contributed by atoms with Gasteiger partial charge in [-0.2, -0.15) is 0 Å². The van der Waals surface area contributed by atoms with E-state index in [2.05, 4.69) is 5.32 Å². The predicted octanol–water partition coefficient (Wildman–Crippen LogP) is 2.50. The molecule has 0 radical (unpaired) electrons. The third kappa shape index (κ3) is 4.85. The zero-order valence-electron chi connectivity index (χ0n) is 13.2. The number of carbonyl (C=O) groups is 2. The molecule has 2 aromatic rings. The van der Waals surface area contributed by atoms with Gasteiger partial charge in [0.25, 0.3) is 5.91 Å². The summed E-state index contributed by atoms with van der Waals surface area (Å²) in [5.41, 5.74) is 7.00. The Hall–Kier alpha value is -2.82. The van der Waals surface area contributed by atoms with Crippen LogP contribution in [-0.4, -0.2) is 17.9 Å². The highest BCUT2D eigenvalue weighted by Gasteiger charge is 2.07. The minimum absolute atomic E-state index is 0.129. The number of amides is 2. The molecular formula is C18H20N2O3. The fourth-order valence-corrected chi connectivity index (χ4v) is 2.03. The van der Waals surface area contributed by atoms with Gasteiger partial charge in [0.1, 0.15) is 5.75 Å². The molecule has 0 aromatic heterocycles. The first-order valence-corrected chi connectivity index (χ1v) is 7.39. The molecule has 0 saturated carbocycles. The van der Waals surface area contributed by atoms with Gasteiger partial charge >= 0.3 is 0 Å². The Labute approximate surface area is 135 Å². The highest BCUT2D eigenvalue weighted by molar-refractivity contribution is 5.97. The number of nitrogens with one attached hydrogen (secondary N) is 1. The van der Waals surface area contributed by atoms with Crippen molar-refractivity contribution in [2.75, 3.05) is 0 Å². The van der Waals surface area contributed by atoms with Gasteiger partial charge in [0.2, 0.25) is 5.91 Å². The van der Waals surface area contributed by atoms with Gasteiger partial charge in [-0.3, -0.25) is 9.59 Å². The molecule has 0 aliphatic carbocycles. The van der Waals surface area contributed by atoms with E-state index in [1.165, 1.54) is 12.1 Å². The molecule has 0 bridgehead atoms. The van der Waals surface area contributed by atoms with Crippen molar-refractivity contribution in [3.05, 3.63) is 65.2 Å². The third-order valence-corrected chi connectivity index (χ3v) is 3.18. The second-order valence-electron chi connectivity index (χ2n) is 5.43. The van der Waals surface area contributed by atoms with E-state index in [4.69, 9.17) is 10.5 Å². The summed E-state index contributed by atoms with van der Waals surface area (Å²) >= 11 is 0. The van der Waals surface area contributed by atoms with Crippen LogP contribution >= 0.6 is 0 Å². The van der Waals surface area contributed by atoms with Crippen molar-refractivity contribution in [2.45, 2.75) is 26.5 Å². The number of ether oxygens (including phenoxy) is 1. The van der Waals surface area contributed by atoms with Gasteiger partial charge in [-0.05, 0) is 55.8 Å². The van der Waals surface area contributed by atoms with Crippen molar-refractivity contribution in [1.82, 2.24) is 5.32 Å². The van der Waals surface area contributed by atoms with Crippen molar-refractivity contribution >= 4 is 11.8 Å². The zero-order chi connectivity index (χ0) is 16.8. The molecule has 2 aromatic carbocycles. The maximum absolute atomic E-state index is 12.1. The molecular weight excluding hydrogens is 292 g/mol.